The summed E-state index contributed by atoms with van der Waals surface area (Å²) in [6, 6.07) is 9.23. The van der Waals surface area contributed by atoms with Crippen molar-refractivity contribution >= 4 is 27.6 Å². The molecular weight excluding hydrogens is 436 g/mol. The van der Waals surface area contributed by atoms with Crippen LogP contribution < -0.4 is 14.4 Å². The van der Waals surface area contributed by atoms with E-state index in [0.29, 0.717) is 41.9 Å². The Labute approximate surface area is 185 Å². The van der Waals surface area contributed by atoms with Gasteiger partial charge in [-0.1, -0.05) is 5.16 Å². The van der Waals surface area contributed by atoms with Crippen LogP contribution in [0.25, 0.3) is 0 Å². The van der Waals surface area contributed by atoms with Crippen molar-refractivity contribution < 1.29 is 27.2 Å². The van der Waals surface area contributed by atoms with Gasteiger partial charge in [0.05, 0.1) is 34.1 Å². The lowest BCUT2D eigenvalue weighted by molar-refractivity contribution is 0.181. The second-order valence-electron chi connectivity index (χ2n) is 7.24. The van der Waals surface area contributed by atoms with E-state index in [-0.39, 0.29) is 11.5 Å². The van der Waals surface area contributed by atoms with E-state index in [1.165, 1.54) is 17.0 Å². The number of carbonyl (C=O) groups is 1. The van der Waals surface area contributed by atoms with Gasteiger partial charge < -0.3 is 14.0 Å². The number of nitrogens with one attached hydrogen (secondary N) is 1. The normalized spacial score (nSPS) is 13.8. The zero-order valence-electron chi connectivity index (χ0n) is 17.8. The van der Waals surface area contributed by atoms with Gasteiger partial charge in [-0.05, 0) is 57.2 Å². The minimum atomic E-state index is -3.84. The topological polar surface area (TPSA) is 124 Å². The van der Waals surface area contributed by atoms with Gasteiger partial charge in [0.2, 0.25) is 0 Å². The van der Waals surface area contributed by atoms with Gasteiger partial charge >= 0.3 is 6.09 Å². The number of aryl methyl sites for hydroxylation is 3. The second-order valence-corrected chi connectivity index (χ2v) is 8.92. The van der Waals surface area contributed by atoms with Crippen LogP contribution in [0.3, 0.4) is 0 Å². The molecule has 32 heavy (non-hydrogen) atoms. The van der Waals surface area contributed by atoms with Crippen molar-refractivity contribution in [1.29, 1.82) is 0 Å². The minimum Gasteiger partial charge on any atom is -0.489 e. The third-order valence-electron chi connectivity index (χ3n) is 5.05. The molecule has 11 heteroatoms. The summed E-state index contributed by atoms with van der Waals surface area (Å²) in [4.78, 5) is 17.5. The van der Waals surface area contributed by atoms with Crippen LogP contribution in [0.1, 0.15) is 22.7 Å². The van der Waals surface area contributed by atoms with Gasteiger partial charge in [-0.25, -0.2) is 18.2 Å². The lowest BCUT2D eigenvalue weighted by atomic mass is 10.2. The van der Waals surface area contributed by atoms with Crippen molar-refractivity contribution in [2.75, 3.05) is 22.8 Å². The van der Waals surface area contributed by atoms with E-state index in [4.69, 9.17) is 14.0 Å². The average molecular weight is 458 g/mol. The maximum Gasteiger partial charge on any atom is 0.415 e. The largest absolute Gasteiger partial charge is 0.489 e. The van der Waals surface area contributed by atoms with E-state index < -0.39 is 16.1 Å². The fourth-order valence-corrected chi connectivity index (χ4v) is 4.31. The van der Waals surface area contributed by atoms with Crippen molar-refractivity contribution in [3.05, 3.63) is 59.1 Å². The van der Waals surface area contributed by atoms with Crippen LogP contribution in [-0.2, 0) is 21.4 Å². The molecule has 3 aromatic rings. The van der Waals surface area contributed by atoms with E-state index >= 15 is 0 Å². The molecule has 1 aliphatic heterocycles. The number of aromatic nitrogens is 2. The predicted molar refractivity (Wildman–Crippen MR) is 115 cm³/mol. The van der Waals surface area contributed by atoms with Gasteiger partial charge in [0.15, 0.2) is 0 Å². The molecule has 1 fully saturated rings. The number of hydrogen-bond donors (Lipinski definition) is 1. The van der Waals surface area contributed by atoms with Crippen molar-refractivity contribution in [2.24, 2.45) is 0 Å². The van der Waals surface area contributed by atoms with E-state index in [1.54, 1.807) is 38.1 Å². The van der Waals surface area contributed by atoms with Gasteiger partial charge in [0.1, 0.15) is 30.5 Å². The number of pyridine rings is 1. The number of benzene rings is 1. The molecule has 0 spiro atoms. The number of carbonyl (C=O) groups excluding carboxylic acids is 1. The van der Waals surface area contributed by atoms with E-state index in [2.05, 4.69) is 14.9 Å². The molecule has 1 aromatic carbocycles. The van der Waals surface area contributed by atoms with Crippen LogP contribution >= 0.6 is 0 Å². The van der Waals surface area contributed by atoms with Crippen LogP contribution in [0, 0.1) is 20.8 Å². The number of ether oxygens (including phenoxy) is 2. The van der Waals surface area contributed by atoms with Gasteiger partial charge in [-0.2, -0.15) is 0 Å². The molecule has 0 unspecified atom stereocenters. The first-order valence-corrected chi connectivity index (χ1v) is 11.3. The summed E-state index contributed by atoms with van der Waals surface area (Å²) in [5.74, 6) is 1.61. The number of hydrogen-bond acceptors (Lipinski definition) is 8. The van der Waals surface area contributed by atoms with Crippen LogP contribution in [0.4, 0.5) is 16.3 Å². The van der Waals surface area contributed by atoms with Crippen LogP contribution in [0.2, 0.25) is 0 Å². The third-order valence-corrected chi connectivity index (χ3v) is 6.43. The number of nitrogens with zero attached hydrogens (tertiary/aromatic N) is 3. The summed E-state index contributed by atoms with van der Waals surface area (Å²) >= 11 is 0. The molecule has 1 amide bonds. The standard InChI is InChI=1S/C21H22N4O6S/c1-13-18(15(3)31-23-13)12-30-16-4-6-17(7-5-16)32(27,28)24-19-8-9-20(22-14(19)2)25-10-11-29-21(25)26/h4-9,24H,10-12H2,1-3H3. The Hall–Kier alpha value is -3.60. The third kappa shape index (κ3) is 4.37. The summed E-state index contributed by atoms with van der Waals surface area (Å²) in [5, 5.41) is 3.88. The van der Waals surface area contributed by atoms with Crippen LogP contribution in [0.5, 0.6) is 5.75 Å². The van der Waals surface area contributed by atoms with Gasteiger partial charge in [-0.15, -0.1) is 0 Å². The zero-order valence-corrected chi connectivity index (χ0v) is 18.6. The summed E-state index contributed by atoms with van der Waals surface area (Å²) < 4.78 is 43.9. The number of anilines is 2. The SMILES string of the molecule is Cc1nc(N2CCOC2=O)ccc1NS(=O)(=O)c1ccc(OCc2c(C)noc2C)cc1. The maximum atomic E-state index is 12.8. The molecule has 4 rings (SSSR count). The highest BCUT2D eigenvalue weighted by atomic mass is 32.2. The van der Waals surface area contributed by atoms with Gasteiger partial charge in [0, 0.05) is 0 Å². The molecule has 0 aliphatic carbocycles. The highest BCUT2D eigenvalue weighted by Gasteiger charge is 2.25. The first-order chi connectivity index (χ1) is 15.2. The first-order valence-electron chi connectivity index (χ1n) is 9.84. The first kappa shape index (κ1) is 21.6. The van der Waals surface area contributed by atoms with Gasteiger partial charge in [0.25, 0.3) is 10.0 Å². The highest BCUT2D eigenvalue weighted by Crippen LogP contribution is 2.25. The molecule has 2 aromatic heterocycles. The quantitative estimate of drug-likeness (QED) is 0.572. The highest BCUT2D eigenvalue weighted by molar-refractivity contribution is 7.92. The van der Waals surface area contributed by atoms with E-state index in [1.807, 2.05) is 6.92 Å². The summed E-state index contributed by atoms with van der Waals surface area (Å²) in [6.45, 7) is 6.27. The number of cyclic esters (lactones) is 1. The predicted octanol–water partition coefficient (Wildman–Crippen LogP) is 3.33. The lowest BCUT2D eigenvalue weighted by Gasteiger charge is -2.15. The molecule has 1 saturated heterocycles. The molecule has 10 nitrogen and oxygen atoms in total. The molecule has 0 bridgehead atoms. The Morgan fingerprint density at radius 3 is 2.44 bits per heavy atom. The van der Waals surface area contributed by atoms with Crippen molar-refractivity contribution in [3.63, 3.8) is 0 Å². The molecule has 1 aliphatic rings. The Balaban J connectivity index is 1.45. The van der Waals surface area contributed by atoms with Crippen molar-refractivity contribution in [2.45, 2.75) is 32.3 Å². The minimum absolute atomic E-state index is 0.0776. The molecular formula is C21H22N4O6S. The van der Waals surface area contributed by atoms with Crippen molar-refractivity contribution in [1.82, 2.24) is 10.1 Å². The summed E-state index contributed by atoms with van der Waals surface area (Å²) in [5.41, 5.74) is 2.37. The fraction of sp³-hybridized carbons (Fsp3) is 0.286. The maximum absolute atomic E-state index is 12.8. The fourth-order valence-electron chi connectivity index (χ4n) is 3.19. The molecule has 0 radical (unpaired) electrons. The number of rotatable bonds is 7. The Morgan fingerprint density at radius 1 is 1.09 bits per heavy atom. The van der Waals surface area contributed by atoms with E-state index in [0.717, 1.165) is 11.3 Å². The van der Waals surface area contributed by atoms with Crippen LogP contribution in [0.15, 0.2) is 45.8 Å². The monoisotopic (exact) mass is 458 g/mol. The Bertz CT molecular complexity index is 1230. The molecule has 168 valence electrons. The summed E-state index contributed by atoms with van der Waals surface area (Å²) in [7, 11) is -3.84. The molecule has 0 atom stereocenters. The smallest absolute Gasteiger partial charge is 0.415 e. The molecule has 0 saturated carbocycles. The van der Waals surface area contributed by atoms with E-state index in [9.17, 15) is 13.2 Å². The average Bonchev–Trinajstić information content (AvgIpc) is 3.33. The molecule has 1 N–H and O–H groups in total. The summed E-state index contributed by atoms with van der Waals surface area (Å²) in [6.07, 6.45) is -0.470. The zero-order chi connectivity index (χ0) is 22.9. The van der Waals surface area contributed by atoms with Crippen molar-refractivity contribution in [3.8, 4) is 5.75 Å². The Morgan fingerprint density at radius 2 is 1.84 bits per heavy atom. The lowest BCUT2D eigenvalue weighted by Crippen LogP contribution is -2.24. The van der Waals surface area contributed by atoms with Gasteiger partial charge in [-0.3, -0.25) is 9.62 Å². The number of amides is 1. The second kappa shape index (κ2) is 8.50. The molecule has 3 heterocycles. The number of sulfonamides is 1. The van der Waals surface area contributed by atoms with Crippen LogP contribution in [-0.4, -0.2) is 37.8 Å². The Kier molecular flexibility index (Phi) is 5.74.